The molecule has 0 aromatic heterocycles. The highest BCUT2D eigenvalue weighted by Crippen LogP contribution is 2.34. The molecule has 0 bridgehead atoms. The molecule has 1 fully saturated rings. The molecule has 1 aliphatic heterocycles. The van der Waals surface area contributed by atoms with Crippen LogP contribution in [0.5, 0.6) is 0 Å². The molecule has 0 radical (unpaired) electrons. The number of hydrogen-bond donors (Lipinski definition) is 2. The van der Waals surface area contributed by atoms with Crippen LogP contribution in [-0.4, -0.2) is 23.8 Å². The summed E-state index contributed by atoms with van der Waals surface area (Å²) in [7, 11) is 0. The maximum absolute atomic E-state index is 8.91. The van der Waals surface area contributed by atoms with Crippen LogP contribution in [0.4, 0.5) is 0 Å². The minimum Gasteiger partial charge on any atom is -0.396 e. The first-order chi connectivity index (χ1) is 5.61. The molecule has 2 nitrogen and oxygen atoms in total. The van der Waals surface area contributed by atoms with Gasteiger partial charge in [-0.15, -0.1) is 0 Å². The molecule has 1 saturated heterocycles. The van der Waals surface area contributed by atoms with Gasteiger partial charge < -0.3 is 10.4 Å². The Balaban J connectivity index is 2.61. The average Bonchev–Trinajstić information content (AvgIpc) is 2.35. The first-order valence-electron chi connectivity index (χ1n) is 4.97. The number of aliphatic hydroxyl groups is 1. The van der Waals surface area contributed by atoms with Crippen LogP contribution in [0.3, 0.4) is 0 Å². The van der Waals surface area contributed by atoms with E-state index in [0.717, 1.165) is 13.0 Å². The normalized spacial score (nSPS) is 36.2. The maximum atomic E-state index is 8.91. The van der Waals surface area contributed by atoms with Gasteiger partial charge in [-0.3, -0.25) is 0 Å². The molecule has 0 saturated carbocycles. The molecule has 0 spiro atoms. The van der Waals surface area contributed by atoms with Gasteiger partial charge in [0.1, 0.15) is 0 Å². The van der Waals surface area contributed by atoms with Crippen molar-refractivity contribution in [3.05, 3.63) is 0 Å². The number of nitrogens with one attached hydrogen (secondary N) is 1. The molecule has 2 unspecified atom stereocenters. The van der Waals surface area contributed by atoms with Crippen molar-refractivity contribution in [3.63, 3.8) is 0 Å². The highest BCUT2D eigenvalue weighted by atomic mass is 16.3. The molecule has 1 rings (SSSR count). The van der Waals surface area contributed by atoms with Crippen molar-refractivity contribution >= 4 is 0 Å². The van der Waals surface area contributed by atoms with Crippen molar-refractivity contribution in [2.75, 3.05) is 13.2 Å². The Kier molecular flexibility index (Phi) is 3.13. The first-order valence-corrected chi connectivity index (χ1v) is 4.97. The summed E-state index contributed by atoms with van der Waals surface area (Å²) in [6, 6.07) is 0. The van der Waals surface area contributed by atoms with Gasteiger partial charge >= 0.3 is 0 Å². The third-order valence-electron chi connectivity index (χ3n) is 3.52. The van der Waals surface area contributed by atoms with Crippen LogP contribution in [0.25, 0.3) is 0 Å². The van der Waals surface area contributed by atoms with Gasteiger partial charge in [-0.25, -0.2) is 0 Å². The molecule has 0 aliphatic carbocycles. The van der Waals surface area contributed by atoms with Crippen molar-refractivity contribution in [2.45, 2.75) is 39.2 Å². The summed E-state index contributed by atoms with van der Waals surface area (Å²) >= 11 is 0. The van der Waals surface area contributed by atoms with Gasteiger partial charge in [-0.1, -0.05) is 13.8 Å². The SMILES string of the molecule is CC(C)C1(C)NCCC1CCO. The van der Waals surface area contributed by atoms with Gasteiger partial charge in [0.05, 0.1) is 0 Å². The Bertz CT molecular complexity index is 147. The zero-order valence-corrected chi connectivity index (χ0v) is 8.43. The molecule has 1 heterocycles. The van der Waals surface area contributed by atoms with E-state index in [0.29, 0.717) is 18.4 Å². The molecule has 2 N–H and O–H groups in total. The molecule has 12 heavy (non-hydrogen) atoms. The molecular weight excluding hydrogens is 150 g/mol. The van der Waals surface area contributed by atoms with Crippen molar-refractivity contribution in [2.24, 2.45) is 11.8 Å². The zero-order chi connectivity index (χ0) is 9.19. The second kappa shape index (κ2) is 3.75. The van der Waals surface area contributed by atoms with E-state index in [1.54, 1.807) is 0 Å². The lowest BCUT2D eigenvalue weighted by atomic mass is 9.77. The summed E-state index contributed by atoms with van der Waals surface area (Å²) in [4.78, 5) is 0. The maximum Gasteiger partial charge on any atom is 0.0434 e. The van der Waals surface area contributed by atoms with Gasteiger partial charge in [-0.05, 0) is 38.1 Å². The van der Waals surface area contributed by atoms with Gasteiger partial charge in [0.2, 0.25) is 0 Å². The number of rotatable bonds is 3. The predicted molar refractivity (Wildman–Crippen MR) is 51.1 cm³/mol. The Morgan fingerprint density at radius 1 is 1.58 bits per heavy atom. The number of hydrogen-bond acceptors (Lipinski definition) is 2. The average molecular weight is 171 g/mol. The van der Waals surface area contributed by atoms with E-state index >= 15 is 0 Å². The summed E-state index contributed by atoms with van der Waals surface area (Å²) < 4.78 is 0. The van der Waals surface area contributed by atoms with E-state index in [9.17, 15) is 0 Å². The standard InChI is InChI=1S/C10H21NO/c1-8(2)10(3)9(5-7-12)4-6-11-10/h8-9,11-12H,4-7H2,1-3H3. The molecule has 0 aromatic carbocycles. The Labute approximate surface area is 75.4 Å². The van der Waals surface area contributed by atoms with Gasteiger partial charge in [0.15, 0.2) is 0 Å². The van der Waals surface area contributed by atoms with Crippen LogP contribution in [0.1, 0.15) is 33.6 Å². The zero-order valence-electron chi connectivity index (χ0n) is 8.43. The van der Waals surface area contributed by atoms with E-state index in [1.165, 1.54) is 6.42 Å². The molecule has 0 aromatic rings. The minimum absolute atomic E-state index is 0.253. The molecule has 2 heteroatoms. The Morgan fingerprint density at radius 3 is 2.75 bits per heavy atom. The Morgan fingerprint density at radius 2 is 2.25 bits per heavy atom. The van der Waals surface area contributed by atoms with Gasteiger partial charge in [0, 0.05) is 12.1 Å². The molecule has 2 atom stereocenters. The number of aliphatic hydroxyl groups excluding tert-OH is 1. The van der Waals surface area contributed by atoms with E-state index in [4.69, 9.17) is 5.11 Å². The quantitative estimate of drug-likeness (QED) is 0.672. The van der Waals surface area contributed by atoms with Crippen LogP contribution in [-0.2, 0) is 0 Å². The summed E-state index contributed by atoms with van der Waals surface area (Å²) in [6.45, 7) is 8.23. The fraction of sp³-hybridized carbons (Fsp3) is 1.00. The molecule has 0 amide bonds. The van der Waals surface area contributed by atoms with Crippen molar-refractivity contribution in [3.8, 4) is 0 Å². The lowest BCUT2D eigenvalue weighted by Gasteiger charge is -2.35. The summed E-state index contributed by atoms with van der Waals surface area (Å²) in [6.07, 6.45) is 2.16. The Hall–Kier alpha value is -0.0800. The summed E-state index contributed by atoms with van der Waals surface area (Å²) in [5.74, 6) is 1.30. The topological polar surface area (TPSA) is 32.3 Å². The minimum atomic E-state index is 0.253. The first kappa shape index (κ1) is 10.0. The summed E-state index contributed by atoms with van der Waals surface area (Å²) in [5, 5.41) is 12.5. The predicted octanol–water partition coefficient (Wildman–Crippen LogP) is 1.39. The lowest BCUT2D eigenvalue weighted by Crippen LogP contribution is -2.46. The van der Waals surface area contributed by atoms with E-state index in [2.05, 4.69) is 26.1 Å². The molecule has 72 valence electrons. The van der Waals surface area contributed by atoms with Crippen LogP contribution in [0, 0.1) is 11.8 Å². The second-order valence-electron chi connectivity index (χ2n) is 4.36. The van der Waals surface area contributed by atoms with E-state index in [-0.39, 0.29) is 5.54 Å². The highest BCUT2D eigenvalue weighted by molar-refractivity contribution is 4.97. The summed E-state index contributed by atoms with van der Waals surface area (Å²) in [5.41, 5.74) is 0.253. The molecule has 1 aliphatic rings. The van der Waals surface area contributed by atoms with Crippen LogP contribution < -0.4 is 5.32 Å². The second-order valence-corrected chi connectivity index (χ2v) is 4.36. The highest BCUT2D eigenvalue weighted by Gasteiger charge is 2.39. The van der Waals surface area contributed by atoms with Crippen LogP contribution in [0.15, 0.2) is 0 Å². The fourth-order valence-electron chi connectivity index (χ4n) is 2.24. The van der Waals surface area contributed by atoms with E-state index in [1.807, 2.05) is 0 Å². The van der Waals surface area contributed by atoms with Gasteiger partial charge in [0.25, 0.3) is 0 Å². The third kappa shape index (κ3) is 1.64. The van der Waals surface area contributed by atoms with Crippen molar-refractivity contribution in [1.82, 2.24) is 5.32 Å². The van der Waals surface area contributed by atoms with Crippen molar-refractivity contribution < 1.29 is 5.11 Å². The largest absolute Gasteiger partial charge is 0.396 e. The monoisotopic (exact) mass is 171 g/mol. The fourth-order valence-corrected chi connectivity index (χ4v) is 2.24. The third-order valence-corrected chi connectivity index (χ3v) is 3.52. The van der Waals surface area contributed by atoms with E-state index < -0.39 is 0 Å². The smallest absolute Gasteiger partial charge is 0.0434 e. The molecular formula is C10H21NO. The van der Waals surface area contributed by atoms with Crippen LogP contribution in [0.2, 0.25) is 0 Å². The van der Waals surface area contributed by atoms with Crippen LogP contribution >= 0.6 is 0 Å². The van der Waals surface area contributed by atoms with Gasteiger partial charge in [-0.2, -0.15) is 0 Å². The lowest BCUT2D eigenvalue weighted by molar-refractivity contribution is 0.174. The van der Waals surface area contributed by atoms with Crippen molar-refractivity contribution in [1.29, 1.82) is 0 Å².